The minimum atomic E-state index is -0.595. The summed E-state index contributed by atoms with van der Waals surface area (Å²) in [5.41, 5.74) is 1.31. The molecule has 0 radical (unpaired) electrons. The monoisotopic (exact) mass is 303 g/mol. The van der Waals surface area contributed by atoms with Crippen molar-refractivity contribution in [1.82, 2.24) is 4.98 Å². The van der Waals surface area contributed by atoms with Gasteiger partial charge in [0.1, 0.15) is 5.56 Å². The molecule has 0 saturated heterocycles. The molecule has 1 aromatic heterocycles. The molecule has 0 fully saturated rings. The summed E-state index contributed by atoms with van der Waals surface area (Å²) in [6.45, 7) is 0.461. The number of hydrogen-bond donors (Lipinski definition) is 0. The molecule has 0 unspecified atom stereocenters. The molecule has 106 valence electrons. The van der Waals surface area contributed by atoms with Gasteiger partial charge in [0.15, 0.2) is 0 Å². The molecule has 1 aromatic carbocycles. The summed E-state index contributed by atoms with van der Waals surface area (Å²) in [5, 5.41) is 11.2. The van der Waals surface area contributed by atoms with E-state index in [1.165, 1.54) is 23.1 Å². The number of carbonyl (C=O) groups is 1. The molecule has 0 N–H and O–H groups in total. The number of hydrogen-bond acceptors (Lipinski definition) is 4. The highest BCUT2D eigenvalue weighted by molar-refractivity contribution is 6.35. The maximum absolute atomic E-state index is 12.7. The first-order chi connectivity index (χ1) is 10.1. The van der Waals surface area contributed by atoms with E-state index >= 15 is 0 Å². The van der Waals surface area contributed by atoms with Crippen LogP contribution in [0, 0.1) is 10.1 Å². The second kappa shape index (κ2) is 5.14. The van der Waals surface area contributed by atoms with Gasteiger partial charge >= 0.3 is 0 Å². The summed E-state index contributed by atoms with van der Waals surface area (Å²) in [6.07, 6.45) is 3.96. The van der Waals surface area contributed by atoms with Crippen molar-refractivity contribution in [3.8, 4) is 0 Å². The fourth-order valence-electron chi connectivity index (χ4n) is 2.45. The van der Waals surface area contributed by atoms with Crippen molar-refractivity contribution in [2.24, 2.45) is 0 Å². The van der Waals surface area contributed by atoms with Gasteiger partial charge in [-0.1, -0.05) is 17.7 Å². The normalized spacial score (nSPS) is 13.1. The molecule has 6 nitrogen and oxygen atoms in total. The van der Waals surface area contributed by atoms with Crippen molar-refractivity contribution in [2.45, 2.75) is 6.42 Å². The lowest BCUT2D eigenvalue weighted by molar-refractivity contribution is -0.385. The molecular formula is C14H10ClN3O3. The second-order valence-electron chi connectivity index (χ2n) is 4.60. The van der Waals surface area contributed by atoms with Gasteiger partial charge in [0.25, 0.3) is 11.6 Å². The van der Waals surface area contributed by atoms with Gasteiger partial charge < -0.3 is 4.90 Å². The Kier molecular flexibility index (Phi) is 3.31. The minimum Gasteiger partial charge on any atom is -0.307 e. The van der Waals surface area contributed by atoms with Crippen LogP contribution in [0.2, 0.25) is 5.02 Å². The molecule has 0 aliphatic carbocycles. The second-order valence-corrected chi connectivity index (χ2v) is 5.01. The molecule has 0 atom stereocenters. The summed E-state index contributed by atoms with van der Waals surface area (Å²) in [4.78, 5) is 28.7. The predicted molar refractivity (Wildman–Crippen MR) is 77.7 cm³/mol. The lowest BCUT2D eigenvalue weighted by Gasteiger charge is -2.17. The third kappa shape index (κ3) is 2.23. The fourth-order valence-corrected chi connectivity index (χ4v) is 2.70. The Hall–Kier alpha value is -2.47. The number of nitro groups is 1. The predicted octanol–water partition coefficient (Wildman–Crippen LogP) is 2.85. The number of fused-ring (bicyclic) bond motifs is 1. The number of nitrogens with zero attached hydrogens (tertiary/aromatic N) is 3. The number of pyridine rings is 1. The number of benzene rings is 1. The molecule has 2 aromatic rings. The van der Waals surface area contributed by atoms with Gasteiger partial charge in [0.2, 0.25) is 0 Å². The Labute approximate surface area is 125 Å². The summed E-state index contributed by atoms with van der Waals surface area (Å²) in [7, 11) is 0. The molecule has 0 saturated carbocycles. The summed E-state index contributed by atoms with van der Waals surface area (Å²) in [6, 6.07) is 5.94. The molecule has 0 bridgehead atoms. The number of rotatable bonds is 2. The standard InChI is InChI=1S/C14H10ClN3O3/c15-10-2-1-3-12(18(20)21)13(10)14(19)17-7-5-9-8-16-6-4-11(9)17/h1-4,6,8H,5,7H2. The zero-order valence-electron chi connectivity index (χ0n) is 10.8. The highest BCUT2D eigenvalue weighted by Gasteiger charge is 2.31. The molecular weight excluding hydrogens is 294 g/mol. The maximum atomic E-state index is 12.7. The Morgan fingerprint density at radius 1 is 1.38 bits per heavy atom. The third-order valence-corrected chi connectivity index (χ3v) is 3.74. The number of anilines is 1. The Bertz CT molecular complexity index is 748. The van der Waals surface area contributed by atoms with E-state index in [9.17, 15) is 14.9 Å². The van der Waals surface area contributed by atoms with Crippen molar-refractivity contribution >= 4 is 28.9 Å². The quantitative estimate of drug-likeness (QED) is 0.631. The van der Waals surface area contributed by atoms with Crippen molar-refractivity contribution in [3.63, 3.8) is 0 Å². The average Bonchev–Trinajstić information content (AvgIpc) is 2.90. The first kappa shape index (κ1) is 13.5. The first-order valence-corrected chi connectivity index (χ1v) is 6.65. The topological polar surface area (TPSA) is 76.3 Å². The average molecular weight is 304 g/mol. The van der Waals surface area contributed by atoms with Crippen LogP contribution in [0.4, 0.5) is 11.4 Å². The van der Waals surface area contributed by atoms with E-state index in [1.54, 1.807) is 18.5 Å². The van der Waals surface area contributed by atoms with Gasteiger partial charge in [0.05, 0.1) is 15.6 Å². The van der Waals surface area contributed by atoms with Gasteiger partial charge in [0, 0.05) is 25.0 Å². The van der Waals surface area contributed by atoms with Crippen molar-refractivity contribution in [1.29, 1.82) is 0 Å². The highest BCUT2D eigenvalue weighted by Crippen LogP contribution is 2.33. The van der Waals surface area contributed by atoms with Crippen LogP contribution in [-0.2, 0) is 6.42 Å². The lowest BCUT2D eigenvalue weighted by Crippen LogP contribution is -2.29. The number of carbonyl (C=O) groups excluding carboxylic acids is 1. The van der Waals surface area contributed by atoms with E-state index < -0.39 is 10.8 Å². The summed E-state index contributed by atoms with van der Waals surface area (Å²) in [5.74, 6) is -0.461. The van der Waals surface area contributed by atoms with Crippen LogP contribution in [0.5, 0.6) is 0 Å². The summed E-state index contributed by atoms with van der Waals surface area (Å²) >= 11 is 6.01. The van der Waals surface area contributed by atoms with E-state index in [0.29, 0.717) is 13.0 Å². The van der Waals surface area contributed by atoms with Crippen molar-refractivity contribution < 1.29 is 9.72 Å². The molecule has 0 spiro atoms. The van der Waals surface area contributed by atoms with E-state index in [4.69, 9.17) is 11.6 Å². The van der Waals surface area contributed by atoms with Gasteiger partial charge in [-0.3, -0.25) is 19.9 Å². The number of nitro benzene ring substituents is 1. The maximum Gasteiger partial charge on any atom is 0.283 e. The molecule has 1 aliphatic heterocycles. The highest BCUT2D eigenvalue weighted by atomic mass is 35.5. The molecule has 1 aliphatic rings. The SMILES string of the molecule is O=C(c1c(Cl)cccc1[N+](=O)[O-])N1CCc2cnccc21. The van der Waals surface area contributed by atoms with Crippen LogP contribution in [0.1, 0.15) is 15.9 Å². The minimum absolute atomic E-state index is 0.0752. The third-order valence-electron chi connectivity index (χ3n) is 3.42. The first-order valence-electron chi connectivity index (χ1n) is 6.27. The number of halogens is 1. The molecule has 3 rings (SSSR count). The molecule has 1 amide bonds. The van der Waals surface area contributed by atoms with Gasteiger partial charge in [-0.25, -0.2) is 0 Å². The number of amides is 1. The van der Waals surface area contributed by atoms with E-state index in [-0.39, 0.29) is 16.3 Å². The number of aromatic nitrogens is 1. The fraction of sp³-hybridized carbons (Fsp3) is 0.143. The molecule has 2 heterocycles. The molecule has 21 heavy (non-hydrogen) atoms. The summed E-state index contributed by atoms with van der Waals surface area (Å²) < 4.78 is 0. The van der Waals surface area contributed by atoms with Crippen LogP contribution in [0.3, 0.4) is 0 Å². The van der Waals surface area contributed by atoms with Crippen LogP contribution in [-0.4, -0.2) is 22.4 Å². The Morgan fingerprint density at radius 3 is 2.95 bits per heavy atom. The Balaban J connectivity index is 2.07. The van der Waals surface area contributed by atoms with Crippen molar-refractivity contribution in [2.75, 3.05) is 11.4 Å². The van der Waals surface area contributed by atoms with E-state index in [1.807, 2.05) is 0 Å². The van der Waals surface area contributed by atoms with E-state index in [2.05, 4.69) is 4.98 Å². The van der Waals surface area contributed by atoms with Gasteiger partial charge in [-0.2, -0.15) is 0 Å². The zero-order chi connectivity index (χ0) is 15.0. The lowest BCUT2D eigenvalue weighted by atomic mass is 10.1. The van der Waals surface area contributed by atoms with Crippen LogP contribution < -0.4 is 4.90 Å². The van der Waals surface area contributed by atoms with Gasteiger partial charge in [-0.15, -0.1) is 0 Å². The van der Waals surface area contributed by atoms with Crippen LogP contribution >= 0.6 is 11.6 Å². The zero-order valence-corrected chi connectivity index (χ0v) is 11.6. The van der Waals surface area contributed by atoms with Gasteiger partial charge in [-0.05, 0) is 24.1 Å². The van der Waals surface area contributed by atoms with Crippen LogP contribution in [0.15, 0.2) is 36.7 Å². The van der Waals surface area contributed by atoms with Crippen LogP contribution in [0.25, 0.3) is 0 Å². The Morgan fingerprint density at radius 2 is 2.19 bits per heavy atom. The smallest absolute Gasteiger partial charge is 0.283 e. The molecule has 7 heteroatoms. The van der Waals surface area contributed by atoms with E-state index in [0.717, 1.165) is 11.3 Å². The largest absolute Gasteiger partial charge is 0.307 e. The van der Waals surface area contributed by atoms with Crippen molar-refractivity contribution in [3.05, 3.63) is 62.9 Å².